The molecule has 0 fully saturated rings. The van der Waals surface area contributed by atoms with Crippen LogP contribution in [0.3, 0.4) is 0 Å². The van der Waals surface area contributed by atoms with Crippen molar-refractivity contribution in [2.24, 2.45) is 5.92 Å². The lowest BCUT2D eigenvalue weighted by molar-refractivity contribution is 0.225. The number of halogens is 2. The third-order valence-corrected chi connectivity index (χ3v) is 3.51. The summed E-state index contributed by atoms with van der Waals surface area (Å²) in [5.74, 6) is -0.460. The van der Waals surface area contributed by atoms with Crippen LogP contribution in [-0.2, 0) is 12.8 Å². The highest BCUT2D eigenvalue weighted by Crippen LogP contribution is 2.18. The van der Waals surface area contributed by atoms with Crippen LogP contribution in [0.15, 0.2) is 42.5 Å². The Labute approximate surface area is 117 Å². The van der Waals surface area contributed by atoms with Gasteiger partial charge in [0.1, 0.15) is 11.6 Å². The highest BCUT2D eigenvalue weighted by Gasteiger charge is 2.12. The summed E-state index contributed by atoms with van der Waals surface area (Å²) in [6, 6.07) is 11.0. The molecule has 0 aliphatic rings. The van der Waals surface area contributed by atoms with Crippen molar-refractivity contribution in [3.8, 4) is 0 Å². The highest BCUT2D eigenvalue weighted by molar-refractivity contribution is 5.27. The molecule has 20 heavy (non-hydrogen) atoms. The maximum Gasteiger partial charge on any atom is 0.123 e. The molecule has 0 aliphatic carbocycles. The Kier molecular flexibility index (Phi) is 4.85. The van der Waals surface area contributed by atoms with E-state index in [4.69, 9.17) is 0 Å². The van der Waals surface area contributed by atoms with E-state index in [2.05, 4.69) is 0 Å². The fourth-order valence-corrected chi connectivity index (χ4v) is 2.35. The van der Waals surface area contributed by atoms with Gasteiger partial charge in [-0.2, -0.15) is 0 Å². The van der Waals surface area contributed by atoms with Gasteiger partial charge in [0.05, 0.1) is 0 Å². The first-order valence-electron chi connectivity index (χ1n) is 6.69. The molecule has 3 heteroatoms. The van der Waals surface area contributed by atoms with Gasteiger partial charge in [-0.05, 0) is 66.6 Å². The van der Waals surface area contributed by atoms with Gasteiger partial charge >= 0.3 is 0 Å². The molecule has 0 saturated carbocycles. The molecule has 2 aromatic rings. The standard InChI is InChI=1S/C17H18F2O/c1-12-8-17(19)7-4-15(12)10-14(11-20)9-13-2-5-16(18)6-3-13/h2-8,14,20H,9-11H2,1H3. The van der Waals surface area contributed by atoms with Crippen molar-refractivity contribution in [1.29, 1.82) is 0 Å². The van der Waals surface area contributed by atoms with Gasteiger partial charge in [-0.15, -0.1) is 0 Å². The summed E-state index contributed by atoms with van der Waals surface area (Å²) >= 11 is 0. The monoisotopic (exact) mass is 276 g/mol. The van der Waals surface area contributed by atoms with E-state index >= 15 is 0 Å². The number of aliphatic hydroxyl groups excluding tert-OH is 1. The summed E-state index contributed by atoms with van der Waals surface area (Å²) in [4.78, 5) is 0. The molecule has 0 aliphatic heterocycles. The minimum atomic E-state index is -0.260. The van der Waals surface area contributed by atoms with Crippen molar-refractivity contribution in [2.75, 3.05) is 6.61 Å². The molecule has 0 aromatic heterocycles. The molecule has 1 atom stereocenters. The molecule has 0 heterocycles. The Balaban J connectivity index is 2.07. The molecule has 0 spiro atoms. The fraction of sp³-hybridized carbons (Fsp3) is 0.294. The van der Waals surface area contributed by atoms with Gasteiger partial charge in [0.25, 0.3) is 0 Å². The molecule has 0 amide bonds. The summed E-state index contributed by atoms with van der Waals surface area (Å²) in [5, 5.41) is 9.50. The lowest BCUT2D eigenvalue weighted by Gasteiger charge is -2.16. The van der Waals surface area contributed by atoms with E-state index in [1.165, 1.54) is 24.3 Å². The van der Waals surface area contributed by atoms with E-state index in [-0.39, 0.29) is 24.2 Å². The van der Waals surface area contributed by atoms with Crippen LogP contribution in [0.25, 0.3) is 0 Å². The molecule has 1 nitrogen and oxygen atoms in total. The maximum atomic E-state index is 13.1. The Morgan fingerprint density at radius 3 is 2.20 bits per heavy atom. The van der Waals surface area contributed by atoms with Gasteiger partial charge < -0.3 is 5.11 Å². The average molecular weight is 276 g/mol. The van der Waals surface area contributed by atoms with Gasteiger partial charge in [-0.1, -0.05) is 18.2 Å². The lowest BCUT2D eigenvalue weighted by atomic mass is 9.91. The first-order valence-corrected chi connectivity index (χ1v) is 6.69. The fourth-order valence-electron chi connectivity index (χ4n) is 2.35. The second kappa shape index (κ2) is 6.62. The van der Waals surface area contributed by atoms with Crippen molar-refractivity contribution >= 4 is 0 Å². The van der Waals surface area contributed by atoms with Crippen molar-refractivity contribution < 1.29 is 13.9 Å². The van der Waals surface area contributed by atoms with Crippen molar-refractivity contribution in [1.82, 2.24) is 0 Å². The van der Waals surface area contributed by atoms with Gasteiger partial charge in [-0.3, -0.25) is 0 Å². The minimum Gasteiger partial charge on any atom is -0.396 e. The molecule has 0 saturated heterocycles. The van der Waals surface area contributed by atoms with E-state index in [1.807, 2.05) is 6.92 Å². The van der Waals surface area contributed by atoms with E-state index in [1.54, 1.807) is 18.2 Å². The molecular formula is C17H18F2O. The molecule has 1 N–H and O–H groups in total. The van der Waals surface area contributed by atoms with Crippen molar-refractivity contribution in [3.05, 3.63) is 70.8 Å². The largest absolute Gasteiger partial charge is 0.396 e. The average Bonchev–Trinajstić information content (AvgIpc) is 2.43. The summed E-state index contributed by atoms with van der Waals surface area (Å²) in [7, 11) is 0. The zero-order chi connectivity index (χ0) is 14.5. The molecule has 1 unspecified atom stereocenters. The minimum absolute atomic E-state index is 0.0459. The topological polar surface area (TPSA) is 20.2 Å². The predicted molar refractivity (Wildman–Crippen MR) is 75.5 cm³/mol. The number of benzene rings is 2. The zero-order valence-corrected chi connectivity index (χ0v) is 11.4. The predicted octanol–water partition coefficient (Wildman–Crippen LogP) is 3.67. The summed E-state index contributed by atoms with van der Waals surface area (Å²) in [6.45, 7) is 1.92. The van der Waals surface area contributed by atoms with Crippen LogP contribution in [-0.4, -0.2) is 11.7 Å². The van der Waals surface area contributed by atoms with E-state index in [0.29, 0.717) is 12.8 Å². The van der Waals surface area contributed by atoms with Crippen LogP contribution in [0.5, 0.6) is 0 Å². The number of hydrogen-bond donors (Lipinski definition) is 1. The van der Waals surface area contributed by atoms with E-state index in [0.717, 1.165) is 16.7 Å². The number of rotatable bonds is 5. The van der Waals surface area contributed by atoms with Gasteiger partial charge in [-0.25, -0.2) is 8.78 Å². The maximum absolute atomic E-state index is 13.1. The molecule has 0 radical (unpaired) electrons. The Morgan fingerprint density at radius 2 is 1.60 bits per heavy atom. The Hall–Kier alpha value is -1.74. The molecule has 0 bridgehead atoms. The van der Waals surface area contributed by atoms with Crippen LogP contribution in [0, 0.1) is 24.5 Å². The van der Waals surface area contributed by atoms with Crippen LogP contribution < -0.4 is 0 Å². The van der Waals surface area contributed by atoms with Crippen LogP contribution in [0.1, 0.15) is 16.7 Å². The van der Waals surface area contributed by atoms with Gasteiger partial charge in [0.15, 0.2) is 0 Å². The normalized spacial score (nSPS) is 12.4. The van der Waals surface area contributed by atoms with Crippen LogP contribution in [0.2, 0.25) is 0 Å². The van der Waals surface area contributed by atoms with E-state index in [9.17, 15) is 13.9 Å². The zero-order valence-electron chi connectivity index (χ0n) is 11.4. The van der Waals surface area contributed by atoms with Gasteiger partial charge in [0, 0.05) is 6.61 Å². The number of hydrogen-bond acceptors (Lipinski definition) is 1. The Bertz CT molecular complexity index is 564. The third kappa shape index (κ3) is 3.87. The smallest absolute Gasteiger partial charge is 0.123 e. The summed E-state index contributed by atoms with van der Waals surface area (Å²) in [6.07, 6.45) is 1.35. The van der Waals surface area contributed by atoms with Gasteiger partial charge in [0.2, 0.25) is 0 Å². The summed E-state index contributed by atoms with van der Waals surface area (Å²) < 4.78 is 25.9. The molecule has 2 aromatic carbocycles. The van der Waals surface area contributed by atoms with Crippen molar-refractivity contribution in [3.63, 3.8) is 0 Å². The van der Waals surface area contributed by atoms with Crippen molar-refractivity contribution in [2.45, 2.75) is 19.8 Å². The highest BCUT2D eigenvalue weighted by atomic mass is 19.1. The third-order valence-electron chi connectivity index (χ3n) is 3.51. The lowest BCUT2D eigenvalue weighted by Crippen LogP contribution is -2.13. The SMILES string of the molecule is Cc1cc(F)ccc1CC(CO)Cc1ccc(F)cc1. The van der Waals surface area contributed by atoms with E-state index < -0.39 is 0 Å². The summed E-state index contributed by atoms with van der Waals surface area (Å²) in [5.41, 5.74) is 2.92. The Morgan fingerprint density at radius 1 is 0.950 bits per heavy atom. The molecule has 2 rings (SSSR count). The molecule has 106 valence electrons. The quantitative estimate of drug-likeness (QED) is 0.883. The second-order valence-electron chi connectivity index (χ2n) is 5.15. The molecular weight excluding hydrogens is 258 g/mol. The number of aliphatic hydroxyl groups is 1. The first-order chi connectivity index (χ1) is 9.58. The first kappa shape index (κ1) is 14.7. The number of aryl methyl sites for hydroxylation is 1. The van der Waals surface area contributed by atoms with Crippen LogP contribution in [0.4, 0.5) is 8.78 Å². The second-order valence-corrected chi connectivity index (χ2v) is 5.15. The van der Waals surface area contributed by atoms with Crippen LogP contribution >= 0.6 is 0 Å².